The lowest BCUT2D eigenvalue weighted by Gasteiger charge is -2.13. The molecule has 0 aliphatic carbocycles. The zero-order valence-corrected chi connectivity index (χ0v) is 12.3. The largest absolute Gasteiger partial charge is 0.491 e. The maximum absolute atomic E-state index is 11.1. The predicted molar refractivity (Wildman–Crippen MR) is 77.6 cm³/mol. The predicted octanol–water partition coefficient (Wildman–Crippen LogP) is 0.366. The van der Waals surface area contributed by atoms with E-state index < -0.39 is 6.10 Å². The Morgan fingerprint density at radius 2 is 2.11 bits per heavy atom. The minimum Gasteiger partial charge on any atom is -0.491 e. The van der Waals surface area contributed by atoms with Crippen molar-refractivity contribution in [2.75, 3.05) is 26.7 Å². The number of aliphatic hydroxyl groups is 1. The quantitative estimate of drug-likeness (QED) is 0.612. The van der Waals surface area contributed by atoms with Gasteiger partial charge in [0.2, 0.25) is 5.91 Å². The number of carbonyl (C=O) groups is 1. The molecule has 1 aromatic carbocycles. The molecule has 0 aliphatic rings. The number of carbonyl (C=O) groups excluding carboxylic acids is 1. The van der Waals surface area contributed by atoms with Gasteiger partial charge < -0.3 is 20.5 Å². The third-order valence-corrected chi connectivity index (χ3v) is 2.85. The van der Waals surface area contributed by atoms with Gasteiger partial charge in [0, 0.05) is 10.1 Å². The van der Waals surface area contributed by atoms with Gasteiger partial charge >= 0.3 is 0 Å². The molecule has 0 saturated heterocycles. The van der Waals surface area contributed by atoms with E-state index in [0.717, 1.165) is 3.57 Å². The van der Waals surface area contributed by atoms with Gasteiger partial charge in [0.1, 0.15) is 18.5 Å². The second kappa shape index (κ2) is 8.28. The molecule has 5 nitrogen and oxygen atoms in total. The molecule has 3 N–H and O–H groups in total. The molecule has 1 amide bonds. The first-order valence-electron chi connectivity index (χ1n) is 5.59. The maximum atomic E-state index is 11.1. The summed E-state index contributed by atoms with van der Waals surface area (Å²) >= 11 is 2.21. The molecule has 0 aliphatic heterocycles. The average Bonchev–Trinajstić information content (AvgIpc) is 2.36. The van der Waals surface area contributed by atoms with Crippen LogP contribution in [0.25, 0.3) is 0 Å². The zero-order valence-electron chi connectivity index (χ0n) is 10.1. The van der Waals surface area contributed by atoms with E-state index >= 15 is 0 Å². The highest BCUT2D eigenvalue weighted by Crippen LogP contribution is 2.13. The van der Waals surface area contributed by atoms with Crippen LogP contribution >= 0.6 is 22.6 Å². The minimum atomic E-state index is -0.718. The first-order chi connectivity index (χ1) is 8.61. The number of nitrogens with one attached hydrogen (secondary N) is 2. The standard InChI is InChI=1S/C12H17IN2O3/c1-14-7-12(17)15-6-10(16)8-18-11-4-2-9(13)3-5-11/h2-5,10,14,16H,6-8H2,1H3,(H,15,17). The zero-order chi connectivity index (χ0) is 13.4. The molecule has 1 unspecified atom stereocenters. The van der Waals surface area contributed by atoms with Crippen LogP contribution in [-0.4, -0.2) is 43.9 Å². The summed E-state index contributed by atoms with van der Waals surface area (Å²) in [5.41, 5.74) is 0. The van der Waals surface area contributed by atoms with Gasteiger partial charge in [0.05, 0.1) is 6.54 Å². The van der Waals surface area contributed by atoms with Crippen molar-refractivity contribution >= 4 is 28.5 Å². The van der Waals surface area contributed by atoms with Crippen LogP contribution in [0.15, 0.2) is 24.3 Å². The molecule has 18 heavy (non-hydrogen) atoms. The molecular formula is C12H17IN2O3. The van der Waals surface area contributed by atoms with Crippen LogP contribution in [0, 0.1) is 3.57 Å². The van der Waals surface area contributed by atoms with Crippen molar-refractivity contribution in [3.8, 4) is 5.75 Å². The summed E-state index contributed by atoms with van der Waals surface area (Å²) in [5.74, 6) is 0.557. The Bertz CT molecular complexity index is 370. The minimum absolute atomic E-state index is 0.147. The lowest BCUT2D eigenvalue weighted by molar-refractivity contribution is -0.120. The number of rotatable bonds is 7. The molecule has 6 heteroatoms. The van der Waals surface area contributed by atoms with E-state index in [1.54, 1.807) is 7.05 Å². The average molecular weight is 364 g/mol. The van der Waals surface area contributed by atoms with Crippen LogP contribution in [0.4, 0.5) is 0 Å². The molecule has 0 spiro atoms. The van der Waals surface area contributed by atoms with E-state index in [4.69, 9.17) is 4.74 Å². The highest BCUT2D eigenvalue weighted by atomic mass is 127. The van der Waals surface area contributed by atoms with Gasteiger partial charge in [-0.2, -0.15) is 0 Å². The fraction of sp³-hybridized carbons (Fsp3) is 0.417. The summed E-state index contributed by atoms with van der Waals surface area (Å²) in [6.07, 6.45) is -0.718. The Morgan fingerprint density at radius 3 is 2.72 bits per heavy atom. The van der Waals surface area contributed by atoms with Crippen LogP contribution in [0.3, 0.4) is 0 Å². The van der Waals surface area contributed by atoms with Crippen molar-refractivity contribution in [2.45, 2.75) is 6.10 Å². The molecule has 1 rings (SSSR count). The molecule has 0 aromatic heterocycles. The Morgan fingerprint density at radius 1 is 1.44 bits per heavy atom. The molecule has 0 bridgehead atoms. The summed E-state index contributed by atoms with van der Waals surface area (Å²) in [6.45, 7) is 0.579. The number of amides is 1. The Balaban J connectivity index is 2.22. The highest BCUT2D eigenvalue weighted by molar-refractivity contribution is 14.1. The van der Waals surface area contributed by atoms with Crippen molar-refractivity contribution in [3.63, 3.8) is 0 Å². The van der Waals surface area contributed by atoms with E-state index in [9.17, 15) is 9.90 Å². The van der Waals surface area contributed by atoms with E-state index in [-0.39, 0.29) is 25.6 Å². The number of likely N-dealkylation sites (N-methyl/N-ethyl adjacent to an activating group) is 1. The lowest BCUT2D eigenvalue weighted by Crippen LogP contribution is -2.39. The molecule has 100 valence electrons. The molecule has 0 fully saturated rings. The van der Waals surface area contributed by atoms with Crippen LogP contribution in [-0.2, 0) is 4.79 Å². The summed E-state index contributed by atoms with van der Waals surface area (Å²) in [4.78, 5) is 11.1. The van der Waals surface area contributed by atoms with Gasteiger partial charge in [-0.25, -0.2) is 0 Å². The van der Waals surface area contributed by atoms with Crippen LogP contribution in [0.2, 0.25) is 0 Å². The van der Waals surface area contributed by atoms with Crippen LogP contribution in [0.5, 0.6) is 5.75 Å². The number of halogens is 1. The van der Waals surface area contributed by atoms with Crippen molar-refractivity contribution in [2.24, 2.45) is 0 Å². The second-order valence-corrected chi connectivity index (χ2v) is 5.00. The Hall–Kier alpha value is -0.860. The number of hydrogen-bond acceptors (Lipinski definition) is 4. The Kier molecular flexibility index (Phi) is 6.99. The summed E-state index contributed by atoms with van der Waals surface area (Å²) in [5, 5.41) is 14.9. The normalized spacial score (nSPS) is 11.9. The molecule has 0 heterocycles. The van der Waals surface area contributed by atoms with E-state index in [1.807, 2.05) is 24.3 Å². The fourth-order valence-electron chi connectivity index (χ4n) is 1.24. The van der Waals surface area contributed by atoms with Crippen LogP contribution in [0.1, 0.15) is 0 Å². The first kappa shape index (κ1) is 15.2. The van der Waals surface area contributed by atoms with Gasteiger partial charge in [0.25, 0.3) is 0 Å². The topological polar surface area (TPSA) is 70.6 Å². The second-order valence-electron chi connectivity index (χ2n) is 3.75. The van der Waals surface area contributed by atoms with Gasteiger partial charge in [0.15, 0.2) is 0 Å². The third kappa shape index (κ3) is 6.18. The van der Waals surface area contributed by atoms with Gasteiger partial charge in [-0.15, -0.1) is 0 Å². The van der Waals surface area contributed by atoms with Crippen molar-refractivity contribution in [3.05, 3.63) is 27.8 Å². The van der Waals surface area contributed by atoms with E-state index in [0.29, 0.717) is 5.75 Å². The molecule has 1 aromatic rings. The number of hydrogen-bond donors (Lipinski definition) is 3. The molecule has 0 saturated carbocycles. The number of benzene rings is 1. The van der Waals surface area contributed by atoms with Gasteiger partial charge in [-0.3, -0.25) is 4.79 Å². The van der Waals surface area contributed by atoms with Crippen LogP contribution < -0.4 is 15.4 Å². The Labute approximate surface area is 120 Å². The smallest absolute Gasteiger partial charge is 0.234 e. The lowest BCUT2D eigenvalue weighted by atomic mass is 10.3. The number of aliphatic hydroxyl groups excluding tert-OH is 1. The molecule has 0 radical (unpaired) electrons. The van der Waals surface area contributed by atoms with Crippen molar-refractivity contribution in [1.29, 1.82) is 0 Å². The molecule has 1 atom stereocenters. The van der Waals surface area contributed by atoms with E-state index in [2.05, 4.69) is 33.2 Å². The third-order valence-electron chi connectivity index (χ3n) is 2.13. The van der Waals surface area contributed by atoms with Gasteiger partial charge in [-0.1, -0.05) is 0 Å². The fourth-order valence-corrected chi connectivity index (χ4v) is 1.60. The summed E-state index contributed by atoms with van der Waals surface area (Å²) in [7, 11) is 1.69. The molecular weight excluding hydrogens is 347 g/mol. The number of ether oxygens (including phenoxy) is 1. The summed E-state index contributed by atoms with van der Waals surface area (Å²) < 4.78 is 6.52. The highest BCUT2D eigenvalue weighted by Gasteiger charge is 2.07. The van der Waals surface area contributed by atoms with Gasteiger partial charge in [-0.05, 0) is 53.9 Å². The summed E-state index contributed by atoms with van der Waals surface area (Å²) in [6, 6.07) is 7.54. The van der Waals surface area contributed by atoms with Crippen molar-refractivity contribution in [1.82, 2.24) is 10.6 Å². The first-order valence-corrected chi connectivity index (χ1v) is 6.67. The van der Waals surface area contributed by atoms with Crippen molar-refractivity contribution < 1.29 is 14.6 Å². The SMILES string of the molecule is CNCC(=O)NCC(O)COc1ccc(I)cc1. The maximum Gasteiger partial charge on any atom is 0.234 e. The monoisotopic (exact) mass is 364 g/mol. The van der Waals surface area contributed by atoms with E-state index in [1.165, 1.54) is 0 Å².